The van der Waals surface area contributed by atoms with Gasteiger partial charge in [-0.15, -0.1) is 0 Å². The second kappa shape index (κ2) is 8.46. The molecular formula is C21H21F2N5O2S. The Balaban J connectivity index is 1.49. The van der Waals surface area contributed by atoms with Crippen LogP contribution in [0.2, 0.25) is 0 Å². The molecule has 1 saturated heterocycles. The number of benzene rings is 2. The van der Waals surface area contributed by atoms with Gasteiger partial charge in [0.1, 0.15) is 22.3 Å². The molecule has 0 spiro atoms. The van der Waals surface area contributed by atoms with Crippen molar-refractivity contribution >= 4 is 33.2 Å². The van der Waals surface area contributed by atoms with E-state index >= 15 is 0 Å². The molecule has 0 radical (unpaired) electrons. The molecule has 0 unspecified atom stereocenters. The lowest BCUT2D eigenvalue weighted by Gasteiger charge is -2.17. The van der Waals surface area contributed by atoms with Gasteiger partial charge in [-0.2, -0.15) is 4.98 Å². The van der Waals surface area contributed by atoms with Gasteiger partial charge >= 0.3 is 0 Å². The van der Waals surface area contributed by atoms with Gasteiger partial charge in [0.25, 0.3) is 10.0 Å². The van der Waals surface area contributed by atoms with Crippen LogP contribution in [0, 0.1) is 18.6 Å². The van der Waals surface area contributed by atoms with Crippen LogP contribution < -0.4 is 14.9 Å². The van der Waals surface area contributed by atoms with Crippen LogP contribution in [0.1, 0.15) is 18.5 Å². The van der Waals surface area contributed by atoms with Crippen LogP contribution in [0.15, 0.2) is 53.4 Å². The van der Waals surface area contributed by atoms with Gasteiger partial charge in [0.05, 0.1) is 0 Å². The molecule has 7 nitrogen and oxygen atoms in total. The van der Waals surface area contributed by atoms with Crippen molar-refractivity contribution in [2.45, 2.75) is 24.7 Å². The minimum absolute atomic E-state index is 0.214. The predicted octanol–water partition coefficient (Wildman–Crippen LogP) is 4.21. The van der Waals surface area contributed by atoms with Crippen molar-refractivity contribution in [2.24, 2.45) is 0 Å². The van der Waals surface area contributed by atoms with Crippen molar-refractivity contribution in [2.75, 3.05) is 28.0 Å². The first-order chi connectivity index (χ1) is 14.8. The molecule has 1 fully saturated rings. The zero-order valence-corrected chi connectivity index (χ0v) is 17.6. The van der Waals surface area contributed by atoms with E-state index in [-0.39, 0.29) is 5.69 Å². The van der Waals surface area contributed by atoms with Crippen LogP contribution in [-0.4, -0.2) is 31.5 Å². The van der Waals surface area contributed by atoms with Crippen molar-refractivity contribution < 1.29 is 17.2 Å². The lowest BCUT2D eigenvalue weighted by Crippen LogP contribution is -2.21. The van der Waals surface area contributed by atoms with E-state index in [9.17, 15) is 17.2 Å². The third-order valence-corrected chi connectivity index (χ3v) is 6.22. The van der Waals surface area contributed by atoms with Crippen LogP contribution in [0.3, 0.4) is 0 Å². The summed E-state index contributed by atoms with van der Waals surface area (Å²) in [5.74, 6) is -0.555. The molecule has 0 saturated carbocycles. The highest BCUT2D eigenvalue weighted by atomic mass is 32.2. The molecule has 10 heteroatoms. The Labute approximate surface area is 179 Å². The van der Waals surface area contributed by atoms with Crippen LogP contribution in [0.25, 0.3) is 0 Å². The minimum Gasteiger partial charge on any atom is -0.341 e. The van der Waals surface area contributed by atoms with E-state index in [0.717, 1.165) is 43.8 Å². The summed E-state index contributed by atoms with van der Waals surface area (Å²) >= 11 is 0. The predicted molar refractivity (Wildman–Crippen MR) is 115 cm³/mol. The largest absolute Gasteiger partial charge is 0.341 e. The summed E-state index contributed by atoms with van der Waals surface area (Å²) in [6.07, 6.45) is 2.24. The van der Waals surface area contributed by atoms with Crippen LogP contribution in [-0.2, 0) is 10.0 Å². The Morgan fingerprint density at radius 2 is 1.61 bits per heavy atom. The normalized spacial score (nSPS) is 14.0. The molecule has 2 N–H and O–H groups in total. The molecule has 0 aliphatic carbocycles. The second-order valence-electron chi connectivity index (χ2n) is 7.27. The van der Waals surface area contributed by atoms with Gasteiger partial charge in [0.2, 0.25) is 5.95 Å². The number of rotatable bonds is 6. The zero-order chi connectivity index (χ0) is 22.0. The standard InChI is InChI=1S/C21H21F2N5O2S/c1-14-12-20(26-21(24-14)28-10-2-3-11-28)25-16-5-7-17(8-6-16)27-31(29,30)19-13-15(22)4-9-18(19)23/h4-9,12-13,27H,2-3,10-11H2,1H3,(H,24,25,26). The Hall–Kier alpha value is -3.27. The number of halogens is 2. The quantitative estimate of drug-likeness (QED) is 0.591. The summed E-state index contributed by atoms with van der Waals surface area (Å²) in [5, 5.41) is 3.18. The van der Waals surface area contributed by atoms with Gasteiger partial charge in [-0.05, 0) is 62.2 Å². The molecule has 1 aliphatic rings. The maximum absolute atomic E-state index is 13.8. The summed E-state index contributed by atoms with van der Waals surface area (Å²) < 4.78 is 54.2. The minimum atomic E-state index is -4.27. The molecule has 2 aromatic carbocycles. The van der Waals surface area contributed by atoms with Crippen LogP contribution >= 0.6 is 0 Å². The first kappa shape index (κ1) is 21.0. The number of nitrogens with one attached hydrogen (secondary N) is 2. The van der Waals surface area contributed by atoms with Crippen molar-refractivity contribution in [3.05, 3.63) is 65.9 Å². The smallest absolute Gasteiger partial charge is 0.264 e. The number of sulfonamides is 1. The number of nitrogens with zero attached hydrogens (tertiary/aromatic N) is 3. The molecular weight excluding hydrogens is 424 g/mol. The van der Waals surface area contributed by atoms with Crippen LogP contribution in [0.4, 0.5) is 31.9 Å². The average Bonchev–Trinajstić information content (AvgIpc) is 3.26. The fraction of sp³-hybridized carbons (Fsp3) is 0.238. The summed E-state index contributed by atoms with van der Waals surface area (Å²) in [6, 6.07) is 10.5. The molecule has 4 rings (SSSR count). The molecule has 0 amide bonds. The fourth-order valence-corrected chi connectivity index (χ4v) is 4.49. The third-order valence-electron chi connectivity index (χ3n) is 4.82. The summed E-state index contributed by atoms with van der Waals surface area (Å²) in [5.41, 5.74) is 1.73. The highest BCUT2D eigenvalue weighted by Crippen LogP contribution is 2.24. The zero-order valence-electron chi connectivity index (χ0n) is 16.8. The summed E-state index contributed by atoms with van der Waals surface area (Å²) in [4.78, 5) is 10.5. The Morgan fingerprint density at radius 3 is 2.32 bits per heavy atom. The lowest BCUT2D eigenvalue weighted by atomic mass is 10.3. The Morgan fingerprint density at radius 1 is 0.935 bits per heavy atom. The molecule has 0 atom stereocenters. The van der Waals surface area contributed by atoms with E-state index in [1.165, 1.54) is 12.1 Å². The molecule has 1 aromatic heterocycles. The number of aromatic nitrogens is 2. The monoisotopic (exact) mass is 445 g/mol. The summed E-state index contributed by atoms with van der Waals surface area (Å²) in [7, 11) is -4.27. The van der Waals surface area contributed by atoms with Gasteiger partial charge in [-0.3, -0.25) is 4.72 Å². The van der Waals surface area contributed by atoms with Gasteiger partial charge in [-0.1, -0.05) is 0 Å². The lowest BCUT2D eigenvalue weighted by molar-refractivity contribution is 0.555. The van der Waals surface area contributed by atoms with E-state index in [1.807, 2.05) is 13.0 Å². The molecule has 31 heavy (non-hydrogen) atoms. The topological polar surface area (TPSA) is 87.2 Å². The van der Waals surface area contributed by atoms with Gasteiger partial charge in [0.15, 0.2) is 0 Å². The van der Waals surface area contributed by atoms with E-state index < -0.39 is 26.6 Å². The first-order valence-electron chi connectivity index (χ1n) is 9.76. The van der Waals surface area contributed by atoms with Crippen molar-refractivity contribution in [1.29, 1.82) is 0 Å². The van der Waals surface area contributed by atoms with E-state index in [4.69, 9.17) is 0 Å². The van der Waals surface area contributed by atoms with Crippen molar-refractivity contribution in [3.8, 4) is 0 Å². The van der Waals surface area contributed by atoms with Crippen molar-refractivity contribution in [1.82, 2.24) is 9.97 Å². The first-order valence-corrected chi connectivity index (χ1v) is 11.2. The highest BCUT2D eigenvalue weighted by molar-refractivity contribution is 7.92. The molecule has 2 heterocycles. The number of hydrogen-bond acceptors (Lipinski definition) is 6. The van der Waals surface area contributed by atoms with E-state index in [0.29, 0.717) is 23.5 Å². The molecule has 0 bridgehead atoms. The SMILES string of the molecule is Cc1cc(Nc2ccc(NS(=O)(=O)c3cc(F)ccc3F)cc2)nc(N2CCCC2)n1. The second-order valence-corrected chi connectivity index (χ2v) is 8.92. The van der Waals surface area contributed by atoms with Gasteiger partial charge in [-0.25, -0.2) is 22.2 Å². The number of anilines is 4. The average molecular weight is 445 g/mol. The molecule has 1 aliphatic heterocycles. The van der Waals surface area contributed by atoms with Gasteiger partial charge < -0.3 is 10.2 Å². The highest BCUT2D eigenvalue weighted by Gasteiger charge is 2.20. The fourth-order valence-electron chi connectivity index (χ4n) is 3.34. The maximum Gasteiger partial charge on any atom is 0.264 e. The maximum atomic E-state index is 13.8. The Kier molecular flexibility index (Phi) is 5.73. The van der Waals surface area contributed by atoms with Crippen LogP contribution in [0.5, 0.6) is 0 Å². The number of hydrogen-bond donors (Lipinski definition) is 2. The molecule has 3 aromatic rings. The van der Waals surface area contributed by atoms with E-state index in [2.05, 4.69) is 24.9 Å². The molecule has 162 valence electrons. The van der Waals surface area contributed by atoms with Gasteiger partial charge in [0, 0.05) is 36.2 Å². The summed E-state index contributed by atoms with van der Waals surface area (Å²) in [6.45, 7) is 3.77. The van der Waals surface area contributed by atoms with Crippen molar-refractivity contribution in [3.63, 3.8) is 0 Å². The Bertz CT molecular complexity index is 1200. The third kappa shape index (κ3) is 4.91. The number of aryl methyl sites for hydroxylation is 1. The van der Waals surface area contributed by atoms with E-state index in [1.54, 1.807) is 12.1 Å².